The molecule has 26 heavy (non-hydrogen) atoms. The van der Waals surface area contributed by atoms with Crippen LogP contribution in [0.3, 0.4) is 0 Å². The lowest BCUT2D eigenvalue weighted by Crippen LogP contribution is -2.06. The third-order valence-corrected chi connectivity index (χ3v) is 4.02. The van der Waals surface area contributed by atoms with Gasteiger partial charge < -0.3 is 9.47 Å². The average Bonchev–Trinajstić information content (AvgIpc) is 2.69. The van der Waals surface area contributed by atoms with Gasteiger partial charge in [0.25, 0.3) is 0 Å². The zero-order valence-electron chi connectivity index (χ0n) is 15.4. The number of terminal acetylenes is 1. The van der Waals surface area contributed by atoms with E-state index in [4.69, 9.17) is 15.9 Å². The standard InChI is InChI=1S/C23H26O3/c1-3-5-7-17-25-22-15-13-20(14-16-22)19-9-11-21(12-10-19)23(24)26-18-8-6-4-2/h2,9-16H,3,5-8,17-18H2,1H3. The van der Waals surface area contributed by atoms with Gasteiger partial charge in [0, 0.05) is 6.42 Å². The molecular formula is C23H26O3. The second-order valence-corrected chi connectivity index (χ2v) is 6.10. The molecule has 0 spiro atoms. The van der Waals surface area contributed by atoms with E-state index in [1.807, 2.05) is 36.4 Å². The van der Waals surface area contributed by atoms with Crippen molar-refractivity contribution in [1.29, 1.82) is 0 Å². The minimum Gasteiger partial charge on any atom is -0.494 e. The normalized spacial score (nSPS) is 10.2. The summed E-state index contributed by atoms with van der Waals surface area (Å²) in [5.41, 5.74) is 2.68. The van der Waals surface area contributed by atoms with E-state index < -0.39 is 0 Å². The molecule has 2 rings (SSSR count). The van der Waals surface area contributed by atoms with Crippen LogP contribution in [0.25, 0.3) is 11.1 Å². The van der Waals surface area contributed by atoms with E-state index in [1.54, 1.807) is 12.1 Å². The predicted molar refractivity (Wildman–Crippen MR) is 105 cm³/mol. The van der Waals surface area contributed by atoms with Gasteiger partial charge in [-0.3, -0.25) is 0 Å². The van der Waals surface area contributed by atoms with E-state index in [9.17, 15) is 4.79 Å². The van der Waals surface area contributed by atoms with Gasteiger partial charge in [-0.2, -0.15) is 0 Å². The summed E-state index contributed by atoms with van der Waals surface area (Å²) in [5, 5.41) is 0. The number of hydrogen-bond donors (Lipinski definition) is 0. The summed E-state index contributed by atoms with van der Waals surface area (Å²) in [6.45, 7) is 3.29. The Morgan fingerprint density at radius 2 is 1.58 bits per heavy atom. The first kappa shape index (κ1) is 19.6. The number of esters is 1. The maximum atomic E-state index is 12.0. The average molecular weight is 350 g/mol. The monoisotopic (exact) mass is 350 g/mol. The lowest BCUT2D eigenvalue weighted by atomic mass is 10.0. The third kappa shape index (κ3) is 6.29. The van der Waals surface area contributed by atoms with Gasteiger partial charge in [0.05, 0.1) is 18.8 Å². The fraction of sp³-hybridized carbons (Fsp3) is 0.348. The van der Waals surface area contributed by atoms with Crippen LogP contribution in [0.4, 0.5) is 0 Å². The molecule has 0 aliphatic heterocycles. The second kappa shape index (κ2) is 11.0. The first-order chi connectivity index (χ1) is 12.7. The van der Waals surface area contributed by atoms with Crippen molar-refractivity contribution >= 4 is 5.97 Å². The summed E-state index contributed by atoms with van der Waals surface area (Å²) in [5.74, 6) is 3.10. The van der Waals surface area contributed by atoms with E-state index in [2.05, 4.69) is 12.8 Å². The molecule has 0 radical (unpaired) electrons. The molecule has 0 aromatic heterocycles. The maximum Gasteiger partial charge on any atom is 0.338 e. The number of carbonyl (C=O) groups is 1. The van der Waals surface area contributed by atoms with Gasteiger partial charge in [-0.25, -0.2) is 4.79 Å². The molecule has 0 amide bonds. The van der Waals surface area contributed by atoms with Gasteiger partial charge in [-0.1, -0.05) is 44.0 Å². The number of carbonyl (C=O) groups excluding carboxylic acids is 1. The number of benzene rings is 2. The van der Waals surface area contributed by atoms with Crippen molar-refractivity contribution in [3.8, 4) is 29.2 Å². The van der Waals surface area contributed by atoms with Gasteiger partial charge in [0.2, 0.25) is 0 Å². The van der Waals surface area contributed by atoms with E-state index in [1.165, 1.54) is 12.8 Å². The minimum atomic E-state index is -0.315. The molecule has 136 valence electrons. The highest BCUT2D eigenvalue weighted by Crippen LogP contribution is 2.23. The van der Waals surface area contributed by atoms with Crippen LogP contribution in [0.15, 0.2) is 48.5 Å². The third-order valence-electron chi connectivity index (χ3n) is 4.02. The first-order valence-corrected chi connectivity index (χ1v) is 9.18. The minimum absolute atomic E-state index is 0.315. The van der Waals surface area contributed by atoms with Crippen molar-refractivity contribution in [2.75, 3.05) is 13.2 Å². The van der Waals surface area contributed by atoms with Crippen molar-refractivity contribution in [3.63, 3.8) is 0 Å². The van der Waals surface area contributed by atoms with Gasteiger partial charge in [0.1, 0.15) is 5.75 Å². The molecule has 3 nitrogen and oxygen atoms in total. The molecule has 0 aliphatic carbocycles. The Bertz CT molecular complexity index is 709. The highest BCUT2D eigenvalue weighted by atomic mass is 16.5. The van der Waals surface area contributed by atoms with Gasteiger partial charge in [-0.15, -0.1) is 12.3 Å². The molecule has 0 heterocycles. The van der Waals surface area contributed by atoms with Crippen LogP contribution in [0.2, 0.25) is 0 Å². The number of rotatable bonds is 10. The summed E-state index contributed by atoms with van der Waals surface area (Å²) in [7, 11) is 0. The summed E-state index contributed by atoms with van der Waals surface area (Å²) in [4.78, 5) is 12.0. The zero-order valence-corrected chi connectivity index (χ0v) is 15.4. The van der Waals surface area contributed by atoms with Crippen molar-refractivity contribution in [3.05, 3.63) is 54.1 Å². The molecule has 0 N–H and O–H groups in total. The molecule has 2 aromatic rings. The molecule has 0 atom stereocenters. The molecule has 0 unspecified atom stereocenters. The largest absolute Gasteiger partial charge is 0.494 e. The predicted octanol–water partition coefficient (Wildman–Crippen LogP) is 5.49. The van der Waals surface area contributed by atoms with Gasteiger partial charge in [-0.05, 0) is 48.2 Å². The Morgan fingerprint density at radius 3 is 2.19 bits per heavy atom. The van der Waals surface area contributed by atoms with Crippen molar-refractivity contribution in [2.45, 2.75) is 39.0 Å². The highest BCUT2D eigenvalue weighted by molar-refractivity contribution is 5.90. The molecular weight excluding hydrogens is 324 g/mol. The Hall–Kier alpha value is -2.73. The molecule has 0 fully saturated rings. The van der Waals surface area contributed by atoms with Crippen molar-refractivity contribution in [2.24, 2.45) is 0 Å². The summed E-state index contributed by atoms with van der Waals surface area (Å²) in [6, 6.07) is 15.4. The smallest absolute Gasteiger partial charge is 0.338 e. The molecule has 0 saturated heterocycles. The van der Waals surface area contributed by atoms with Crippen molar-refractivity contribution in [1.82, 2.24) is 0 Å². The summed E-state index contributed by atoms with van der Waals surface area (Å²) >= 11 is 0. The van der Waals surface area contributed by atoms with Crippen LogP contribution in [0, 0.1) is 12.3 Å². The fourth-order valence-electron chi connectivity index (χ4n) is 2.51. The van der Waals surface area contributed by atoms with E-state index >= 15 is 0 Å². The number of hydrogen-bond acceptors (Lipinski definition) is 3. The van der Waals surface area contributed by atoms with Crippen LogP contribution < -0.4 is 4.74 Å². The molecule has 3 heteroatoms. The topological polar surface area (TPSA) is 35.5 Å². The van der Waals surface area contributed by atoms with Crippen LogP contribution in [0.5, 0.6) is 5.75 Å². The van der Waals surface area contributed by atoms with E-state index in [0.29, 0.717) is 25.0 Å². The summed E-state index contributed by atoms with van der Waals surface area (Å²) < 4.78 is 10.9. The quantitative estimate of drug-likeness (QED) is 0.323. The van der Waals surface area contributed by atoms with E-state index in [0.717, 1.165) is 29.9 Å². The van der Waals surface area contributed by atoms with Crippen LogP contribution in [0.1, 0.15) is 49.4 Å². The Labute approximate surface area is 156 Å². The SMILES string of the molecule is C#CCCCOC(=O)c1ccc(-c2ccc(OCCCCC)cc2)cc1. The number of unbranched alkanes of at least 4 members (excludes halogenated alkanes) is 3. The summed E-state index contributed by atoms with van der Waals surface area (Å²) in [6.07, 6.45) is 9.94. The van der Waals surface area contributed by atoms with Crippen LogP contribution in [-0.2, 0) is 4.74 Å². The first-order valence-electron chi connectivity index (χ1n) is 9.18. The molecule has 2 aromatic carbocycles. The fourth-order valence-corrected chi connectivity index (χ4v) is 2.51. The second-order valence-electron chi connectivity index (χ2n) is 6.10. The Balaban J connectivity index is 1.89. The van der Waals surface area contributed by atoms with Gasteiger partial charge in [0.15, 0.2) is 0 Å². The molecule has 0 bridgehead atoms. The lowest BCUT2D eigenvalue weighted by Gasteiger charge is -2.08. The van der Waals surface area contributed by atoms with Gasteiger partial charge >= 0.3 is 5.97 Å². The maximum absolute atomic E-state index is 12.0. The molecule has 0 aliphatic rings. The zero-order chi connectivity index (χ0) is 18.6. The highest BCUT2D eigenvalue weighted by Gasteiger charge is 2.07. The van der Waals surface area contributed by atoms with Crippen molar-refractivity contribution < 1.29 is 14.3 Å². The van der Waals surface area contributed by atoms with E-state index in [-0.39, 0.29) is 5.97 Å². The Morgan fingerprint density at radius 1 is 0.923 bits per heavy atom. The van der Waals surface area contributed by atoms with Crippen LogP contribution >= 0.6 is 0 Å². The van der Waals surface area contributed by atoms with Crippen LogP contribution in [-0.4, -0.2) is 19.2 Å². The lowest BCUT2D eigenvalue weighted by molar-refractivity contribution is 0.0502. The Kier molecular flexibility index (Phi) is 8.29. The number of ether oxygens (including phenoxy) is 2. The molecule has 0 saturated carbocycles.